The summed E-state index contributed by atoms with van der Waals surface area (Å²) in [6, 6.07) is 12.4. The van der Waals surface area contributed by atoms with Crippen LogP contribution in [0.2, 0.25) is 0 Å². The van der Waals surface area contributed by atoms with Gasteiger partial charge in [-0.05, 0) is 38.3 Å². The Morgan fingerprint density at radius 2 is 1.83 bits per heavy atom. The zero-order valence-corrected chi connectivity index (χ0v) is 10.6. The Balaban J connectivity index is 1.70. The van der Waals surface area contributed by atoms with E-state index < -0.39 is 5.60 Å². The Morgan fingerprint density at radius 1 is 1.11 bits per heavy atom. The molecule has 1 saturated carbocycles. The van der Waals surface area contributed by atoms with Crippen molar-refractivity contribution in [3.8, 4) is 11.3 Å². The molecule has 2 heteroatoms. The van der Waals surface area contributed by atoms with Crippen LogP contribution in [-0.2, 0) is 6.42 Å². The van der Waals surface area contributed by atoms with Crippen molar-refractivity contribution in [2.75, 3.05) is 0 Å². The molecular weight excluding hydrogens is 224 g/mol. The fourth-order valence-corrected chi connectivity index (χ4v) is 2.14. The van der Waals surface area contributed by atoms with Crippen LogP contribution in [-0.4, -0.2) is 10.7 Å². The van der Waals surface area contributed by atoms with Crippen molar-refractivity contribution in [3.63, 3.8) is 0 Å². The van der Waals surface area contributed by atoms with Crippen molar-refractivity contribution in [1.29, 1.82) is 0 Å². The molecule has 1 N–H and O–H groups in total. The first-order chi connectivity index (χ1) is 8.65. The van der Waals surface area contributed by atoms with Crippen LogP contribution < -0.4 is 0 Å². The molecule has 0 radical (unpaired) electrons. The molecule has 1 aliphatic rings. The Morgan fingerprint density at radius 3 is 2.50 bits per heavy atom. The number of aliphatic hydroxyl groups is 1. The second-order valence-corrected chi connectivity index (χ2v) is 5.36. The number of rotatable bonds is 4. The zero-order chi connectivity index (χ0) is 12.6. The molecule has 1 heterocycles. The summed E-state index contributed by atoms with van der Waals surface area (Å²) in [6.07, 6.45) is 3.52. The van der Waals surface area contributed by atoms with E-state index >= 15 is 0 Å². The lowest BCUT2D eigenvalue weighted by atomic mass is 10.1. The summed E-state index contributed by atoms with van der Waals surface area (Å²) in [4.78, 5) is 0. The van der Waals surface area contributed by atoms with Crippen LogP contribution in [0.25, 0.3) is 11.3 Å². The normalized spacial score (nSPS) is 16.8. The van der Waals surface area contributed by atoms with Crippen LogP contribution in [0.4, 0.5) is 0 Å². The summed E-state index contributed by atoms with van der Waals surface area (Å²) in [6.45, 7) is 2.08. The smallest absolute Gasteiger partial charge is 0.134 e. The highest BCUT2D eigenvalue weighted by atomic mass is 16.3. The van der Waals surface area contributed by atoms with Crippen LogP contribution in [0.15, 0.2) is 40.8 Å². The molecular formula is C16H18O2. The van der Waals surface area contributed by atoms with E-state index in [9.17, 15) is 5.11 Å². The van der Waals surface area contributed by atoms with Crippen molar-refractivity contribution in [2.24, 2.45) is 0 Å². The molecule has 3 rings (SSSR count). The van der Waals surface area contributed by atoms with Crippen LogP contribution in [0.1, 0.15) is 30.6 Å². The second kappa shape index (κ2) is 4.29. The van der Waals surface area contributed by atoms with Crippen LogP contribution >= 0.6 is 0 Å². The van der Waals surface area contributed by atoms with Crippen molar-refractivity contribution in [2.45, 2.75) is 38.2 Å². The van der Waals surface area contributed by atoms with Gasteiger partial charge >= 0.3 is 0 Å². The standard InChI is InChI=1S/C16H18O2/c1-12-2-4-13(5-3-12)15-7-6-14(18-15)8-9-16(17)10-11-16/h2-7,17H,8-11H2,1H3. The minimum atomic E-state index is -0.392. The molecule has 2 aromatic rings. The maximum Gasteiger partial charge on any atom is 0.134 e. The highest BCUT2D eigenvalue weighted by Crippen LogP contribution is 2.39. The number of aryl methyl sites for hydroxylation is 2. The fourth-order valence-electron chi connectivity index (χ4n) is 2.14. The molecule has 2 nitrogen and oxygen atoms in total. The average Bonchev–Trinajstić information content (AvgIpc) is 2.92. The molecule has 0 amide bonds. The Bertz CT molecular complexity index is 532. The van der Waals surface area contributed by atoms with Gasteiger partial charge in [-0.3, -0.25) is 0 Å². The zero-order valence-electron chi connectivity index (χ0n) is 10.6. The predicted molar refractivity (Wildman–Crippen MR) is 71.4 cm³/mol. The second-order valence-electron chi connectivity index (χ2n) is 5.36. The Kier molecular flexibility index (Phi) is 2.75. The molecule has 18 heavy (non-hydrogen) atoms. The van der Waals surface area contributed by atoms with Gasteiger partial charge in [-0.25, -0.2) is 0 Å². The molecule has 0 unspecified atom stereocenters. The molecule has 0 atom stereocenters. The van der Waals surface area contributed by atoms with Crippen molar-refractivity contribution < 1.29 is 9.52 Å². The van der Waals surface area contributed by atoms with Gasteiger partial charge in [0.1, 0.15) is 11.5 Å². The largest absolute Gasteiger partial charge is 0.461 e. The number of benzene rings is 1. The first kappa shape index (κ1) is 11.5. The van der Waals surface area contributed by atoms with Gasteiger partial charge in [0.15, 0.2) is 0 Å². The molecule has 1 aromatic heterocycles. The third kappa shape index (κ3) is 2.49. The summed E-state index contributed by atoms with van der Waals surface area (Å²) in [5, 5.41) is 9.80. The number of furan rings is 1. The molecule has 94 valence electrons. The van der Waals surface area contributed by atoms with Gasteiger partial charge in [0.05, 0.1) is 5.60 Å². The predicted octanol–water partition coefficient (Wildman–Crippen LogP) is 3.71. The molecule has 1 aromatic carbocycles. The maximum absolute atomic E-state index is 9.80. The van der Waals surface area contributed by atoms with E-state index in [0.717, 1.165) is 42.8 Å². The lowest BCUT2D eigenvalue weighted by molar-refractivity contribution is 0.138. The van der Waals surface area contributed by atoms with Crippen LogP contribution in [0.3, 0.4) is 0 Å². The SMILES string of the molecule is Cc1ccc(-c2ccc(CCC3(O)CC3)o2)cc1. The topological polar surface area (TPSA) is 33.4 Å². The van der Waals surface area contributed by atoms with Gasteiger partial charge in [0.25, 0.3) is 0 Å². The van der Waals surface area contributed by atoms with Gasteiger partial charge in [-0.2, -0.15) is 0 Å². The monoisotopic (exact) mass is 242 g/mol. The quantitative estimate of drug-likeness (QED) is 0.886. The maximum atomic E-state index is 9.80. The minimum absolute atomic E-state index is 0.392. The van der Waals surface area contributed by atoms with Gasteiger partial charge in [0.2, 0.25) is 0 Å². The molecule has 1 fully saturated rings. The molecule has 0 bridgehead atoms. The number of hydrogen-bond acceptors (Lipinski definition) is 2. The Hall–Kier alpha value is -1.54. The average molecular weight is 242 g/mol. The molecule has 0 spiro atoms. The Labute approximate surface area is 107 Å². The van der Waals surface area contributed by atoms with Crippen molar-refractivity contribution in [3.05, 3.63) is 47.7 Å². The highest BCUT2D eigenvalue weighted by Gasteiger charge is 2.39. The number of hydrogen-bond donors (Lipinski definition) is 1. The van der Waals surface area contributed by atoms with E-state index in [0.29, 0.717) is 0 Å². The van der Waals surface area contributed by atoms with E-state index in [-0.39, 0.29) is 0 Å². The first-order valence-electron chi connectivity index (χ1n) is 6.53. The van der Waals surface area contributed by atoms with Gasteiger partial charge < -0.3 is 9.52 Å². The molecule has 0 saturated heterocycles. The van der Waals surface area contributed by atoms with Crippen LogP contribution in [0, 0.1) is 6.92 Å². The van der Waals surface area contributed by atoms with E-state index in [4.69, 9.17) is 4.42 Å². The minimum Gasteiger partial charge on any atom is -0.461 e. The highest BCUT2D eigenvalue weighted by molar-refractivity contribution is 5.57. The van der Waals surface area contributed by atoms with E-state index in [1.165, 1.54) is 5.56 Å². The molecule has 0 aliphatic heterocycles. The molecule has 1 aliphatic carbocycles. The van der Waals surface area contributed by atoms with Gasteiger partial charge in [-0.15, -0.1) is 0 Å². The summed E-state index contributed by atoms with van der Waals surface area (Å²) in [7, 11) is 0. The van der Waals surface area contributed by atoms with E-state index in [1.807, 2.05) is 12.1 Å². The lowest BCUT2D eigenvalue weighted by Gasteiger charge is -2.04. The van der Waals surface area contributed by atoms with E-state index in [2.05, 4.69) is 31.2 Å². The first-order valence-corrected chi connectivity index (χ1v) is 6.53. The summed E-state index contributed by atoms with van der Waals surface area (Å²) >= 11 is 0. The third-order valence-corrected chi connectivity index (χ3v) is 3.66. The fraction of sp³-hybridized carbons (Fsp3) is 0.375. The van der Waals surface area contributed by atoms with Gasteiger partial charge in [0, 0.05) is 12.0 Å². The van der Waals surface area contributed by atoms with Crippen molar-refractivity contribution in [1.82, 2.24) is 0 Å². The van der Waals surface area contributed by atoms with Gasteiger partial charge in [-0.1, -0.05) is 29.8 Å². The summed E-state index contributed by atoms with van der Waals surface area (Å²) in [5.74, 6) is 1.87. The summed E-state index contributed by atoms with van der Waals surface area (Å²) in [5.41, 5.74) is 1.97. The van der Waals surface area contributed by atoms with Crippen molar-refractivity contribution >= 4 is 0 Å². The lowest BCUT2D eigenvalue weighted by Crippen LogP contribution is -2.07. The van der Waals surface area contributed by atoms with E-state index in [1.54, 1.807) is 0 Å². The van der Waals surface area contributed by atoms with Crippen LogP contribution in [0.5, 0.6) is 0 Å². The summed E-state index contributed by atoms with van der Waals surface area (Å²) < 4.78 is 5.82. The third-order valence-electron chi connectivity index (χ3n) is 3.66.